The van der Waals surface area contributed by atoms with Crippen molar-refractivity contribution >= 4 is 35.5 Å². The lowest BCUT2D eigenvalue weighted by molar-refractivity contribution is -0.138. The van der Waals surface area contributed by atoms with E-state index in [-0.39, 0.29) is 50.9 Å². The molecule has 0 aliphatic carbocycles. The molecule has 3 rings (SSSR count). The lowest BCUT2D eigenvalue weighted by Crippen LogP contribution is -2.25. The molecule has 0 atom stereocenters. The topological polar surface area (TPSA) is 184 Å². The van der Waals surface area contributed by atoms with Gasteiger partial charge in [0.2, 0.25) is 0 Å². The van der Waals surface area contributed by atoms with E-state index >= 15 is 0 Å². The molecule has 0 fully saturated rings. The third kappa shape index (κ3) is 9.94. The number of hydrogen-bond acceptors (Lipinski definition) is 14. The van der Waals surface area contributed by atoms with Gasteiger partial charge in [-0.1, -0.05) is 24.3 Å². The molecule has 0 saturated heterocycles. The summed E-state index contributed by atoms with van der Waals surface area (Å²) in [6.07, 6.45) is 2.71. The van der Waals surface area contributed by atoms with E-state index < -0.39 is 11.9 Å². The van der Waals surface area contributed by atoms with E-state index in [0.717, 1.165) is 11.1 Å². The van der Waals surface area contributed by atoms with Gasteiger partial charge in [0.15, 0.2) is 0 Å². The van der Waals surface area contributed by atoms with Crippen LogP contribution in [0.15, 0.2) is 59.7 Å². The van der Waals surface area contributed by atoms with Crippen LogP contribution in [0.5, 0.6) is 23.0 Å². The number of carbonyl (C=O) groups excluding carboxylic acids is 2. The third-order valence-corrected chi connectivity index (χ3v) is 7.69. The van der Waals surface area contributed by atoms with Crippen LogP contribution >= 0.6 is 0 Å². The van der Waals surface area contributed by atoms with Gasteiger partial charge in [-0.2, -0.15) is 10.5 Å². The molecular weight excluding hydrogens is 672 g/mol. The number of rotatable bonds is 18. The molecule has 274 valence electrons. The van der Waals surface area contributed by atoms with Gasteiger partial charge in [-0.3, -0.25) is 0 Å². The molecule has 0 heterocycles. The molecule has 0 bridgehead atoms. The monoisotopic (exact) mass is 714 g/mol. The van der Waals surface area contributed by atoms with Crippen LogP contribution in [-0.2, 0) is 32.2 Å². The van der Waals surface area contributed by atoms with E-state index in [0.29, 0.717) is 45.5 Å². The molecular formula is C38H42N4O10. The van der Waals surface area contributed by atoms with Crippen LogP contribution in [0.2, 0.25) is 0 Å². The number of anilines is 2. The van der Waals surface area contributed by atoms with E-state index in [1.54, 1.807) is 47.9 Å². The second-order valence-corrected chi connectivity index (χ2v) is 10.8. The highest BCUT2D eigenvalue weighted by atomic mass is 16.5. The number of nitriles is 2. The van der Waals surface area contributed by atoms with Crippen LogP contribution in [0, 0.1) is 22.7 Å². The fraction of sp³-hybridized carbons (Fsp3) is 0.316. The summed E-state index contributed by atoms with van der Waals surface area (Å²) in [5.41, 5.74) is 3.11. The number of benzene rings is 3. The lowest BCUT2D eigenvalue weighted by atomic mass is 10.1. The quantitative estimate of drug-likeness (QED) is 0.0808. The maximum Gasteiger partial charge on any atom is 0.348 e. The van der Waals surface area contributed by atoms with Crippen LogP contribution in [-0.4, -0.2) is 77.3 Å². The van der Waals surface area contributed by atoms with Crippen LogP contribution in [0.25, 0.3) is 12.2 Å². The van der Waals surface area contributed by atoms with Crippen LogP contribution < -0.4 is 28.7 Å². The molecule has 0 aliphatic heterocycles. The average molecular weight is 715 g/mol. The first-order valence-electron chi connectivity index (χ1n) is 16.0. The Morgan fingerprint density at radius 2 is 0.981 bits per heavy atom. The van der Waals surface area contributed by atoms with E-state index in [2.05, 4.69) is 0 Å². The molecule has 0 aliphatic rings. The molecule has 0 unspecified atom stereocenters. The zero-order chi connectivity index (χ0) is 38.2. The second-order valence-electron chi connectivity index (χ2n) is 10.8. The smallest absolute Gasteiger partial charge is 0.348 e. The Bertz CT molecular complexity index is 1720. The van der Waals surface area contributed by atoms with Crippen molar-refractivity contribution in [3.05, 3.63) is 81.9 Å². The Kier molecular flexibility index (Phi) is 15.3. The summed E-state index contributed by atoms with van der Waals surface area (Å²) in [5, 5.41) is 39.8. The van der Waals surface area contributed by atoms with Crippen LogP contribution in [0.1, 0.15) is 36.1 Å². The van der Waals surface area contributed by atoms with Crippen molar-refractivity contribution in [3.63, 3.8) is 0 Å². The Labute approximate surface area is 302 Å². The van der Waals surface area contributed by atoms with Crippen molar-refractivity contribution in [2.45, 2.75) is 26.9 Å². The van der Waals surface area contributed by atoms with Crippen molar-refractivity contribution in [2.75, 3.05) is 64.9 Å². The second kappa shape index (κ2) is 19.8. The lowest BCUT2D eigenvalue weighted by Gasteiger charge is -2.26. The number of carbonyl (C=O) groups is 2. The predicted octanol–water partition coefficient (Wildman–Crippen LogP) is 4.57. The fourth-order valence-electron chi connectivity index (χ4n) is 5.15. The standard InChI is InChI=1S/C38H42N4O10/c1-7-51-37(45)29(19-39)13-27-15-35(49-5)31(17-33(27)47-3)41(23-43)21-25-9-11-26(12-10-25)22-42(24-44)32-18-34(48-4)28(16-36(32)50-6)14-30(20-40)38(46)52-8-2/h9-18,43-44H,7-8,21-24H2,1-6H3/b29-13+,30-14+. The molecule has 0 saturated carbocycles. The van der Waals surface area contributed by atoms with Crippen molar-refractivity contribution in [3.8, 4) is 35.1 Å². The van der Waals surface area contributed by atoms with Gasteiger partial charge in [-0.15, -0.1) is 0 Å². The summed E-state index contributed by atoms with van der Waals surface area (Å²) in [6.45, 7) is 3.33. The average Bonchev–Trinajstić information content (AvgIpc) is 3.17. The number of ether oxygens (including phenoxy) is 6. The molecule has 0 radical (unpaired) electrons. The van der Waals surface area contributed by atoms with Gasteiger partial charge < -0.3 is 48.4 Å². The number of nitrogens with zero attached hydrogens (tertiary/aromatic N) is 4. The van der Waals surface area contributed by atoms with E-state index in [1.807, 2.05) is 36.4 Å². The first-order valence-corrected chi connectivity index (χ1v) is 16.0. The van der Waals surface area contributed by atoms with Gasteiger partial charge >= 0.3 is 11.9 Å². The highest BCUT2D eigenvalue weighted by Crippen LogP contribution is 2.39. The summed E-state index contributed by atoms with van der Waals surface area (Å²) >= 11 is 0. The Morgan fingerprint density at radius 1 is 0.635 bits per heavy atom. The van der Waals surface area contributed by atoms with E-state index in [9.17, 15) is 30.3 Å². The van der Waals surface area contributed by atoms with Gasteiger partial charge in [-0.25, -0.2) is 9.59 Å². The van der Waals surface area contributed by atoms with Gasteiger partial charge in [0, 0.05) is 36.3 Å². The Balaban J connectivity index is 1.89. The minimum Gasteiger partial charge on any atom is -0.496 e. The molecule has 0 aromatic heterocycles. The maximum atomic E-state index is 12.2. The minimum atomic E-state index is -0.759. The van der Waals surface area contributed by atoms with Crippen molar-refractivity contribution in [1.82, 2.24) is 0 Å². The number of aliphatic hydroxyl groups is 2. The molecule has 2 N–H and O–H groups in total. The third-order valence-electron chi connectivity index (χ3n) is 7.69. The Hall–Kier alpha value is -6.22. The first kappa shape index (κ1) is 40.2. The summed E-state index contributed by atoms with van der Waals surface area (Å²) in [6, 6.07) is 17.7. The number of hydrogen-bond donors (Lipinski definition) is 2. The largest absolute Gasteiger partial charge is 0.496 e. The molecule has 0 spiro atoms. The molecule has 52 heavy (non-hydrogen) atoms. The molecule has 14 heteroatoms. The van der Waals surface area contributed by atoms with Crippen molar-refractivity contribution in [2.24, 2.45) is 0 Å². The van der Waals surface area contributed by atoms with Crippen LogP contribution in [0.3, 0.4) is 0 Å². The summed E-state index contributed by atoms with van der Waals surface area (Å²) in [5.74, 6) is -0.103. The number of aliphatic hydroxyl groups excluding tert-OH is 2. The van der Waals surface area contributed by atoms with Gasteiger partial charge in [-0.05, 0) is 49.3 Å². The normalized spacial score (nSPS) is 11.1. The SMILES string of the molecule is CCOC(=O)/C(C#N)=C/c1cc(OC)c(N(CO)Cc2ccc(CN(CO)c3cc(OC)c(/C=C(\C#N)C(=O)OCC)cc3OC)cc2)cc1OC. The van der Waals surface area contributed by atoms with Crippen LogP contribution in [0.4, 0.5) is 11.4 Å². The number of esters is 2. The summed E-state index contributed by atoms with van der Waals surface area (Å²) < 4.78 is 32.2. The zero-order valence-electron chi connectivity index (χ0n) is 30.0. The predicted molar refractivity (Wildman–Crippen MR) is 193 cm³/mol. The highest BCUT2D eigenvalue weighted by molar-refractivity contribution is 5.99. The van der Waals surface area contributed by atoms with Gasteiger partial charge in [0.25, 0.3) is 0 Å². The van der Waals surface area contributed by atoms with Crippen molar-refractivity contribution < 1.29 is 48.2 Å². The summed E-state index contributed by atoms with van der Waals surface area (Å²) in [4.78, 5) is 27.7. The first-order chi connectivity index (χ1) is 25.1. The van der Waals surface area contributed by atoms with E-state index in [4.69, 9.17) is 28.4 Å². The molecule has 3 aromatic carbocycles. The number of methoxy groups -OCH3 is 4. The minimum absolute atomic E-state index is 0.117. The molecule has 0 amide bonds. The highest BCUT2D eigenvalue weighted by Gasteiger charge is 2.21. The summed E-state index contributed by atoms with van der Waals surface area (Å²) in [7, 11) is 5.83. The van der Waals surface area contributed by atoms with Crippen molar-refractivity contribution in [1.29, 1.82) is 10.5 Å². The molecule has 3 aromatic rings. The Morgan fingerprint density at radius 3 is 1.25 bits per heavy atom. The zero-order valence-corrected chi connectivity index (χ0v) is 30.0. The maximum absolute atomic E-state index is 12.2. The fourth-order valence-corrected chi connectivity index (χ4v) is 5.15. The van der Waals surface area contributed by atoms with E-state index in [1.165, 1.54) is 40.6 Å². The van der Waals surface area contributed by atoms with Gasteiger partial charge in [0.05, 0.1) is 53.0 Å². The molecule has 14 nitrogen and oxygen atoms in total. The van der Waals surface area contributed by atoms with Gasteiger partial charge in [0.1, 0.15) is 59.7 Å².